The van der Waals surface area contributed by atoms with Crippen LogP contribution >= 0.6 is 0 Å². The van der Waals surface area contributed by atoms with E-state index < -0.39 is 0 Å². The first kappa shape index (κ1) is 12.4. The predicted octanol–water partition coefficient (Wildman–Crippen LogP) is 3.97. The van der Waals surface area contributed by atoms with E-state index in [1.54, 1.807) is 0 Å². The molecule has 0 aliphatic carbocycles. The van der Waals surface area contributed by atoms with E-state index in [0.29, 0.717) is 6.04 Å². The van der Waals surface area contributed by atoms with Crippen molar-refractivity contribution in [2.24, 2.45) is 0 Å². The number of rotatable bonds is 1. The predicted molar refractivity (Wildman–Crippen MR) is 80.5 cm³/mol. The summed E-state index contributed by atoms with van der Waals surface area (Å²) in [5, 5.41) is 3.70. The highest BCUT2D eigenvalue weighted by molar-refractivity contribution is 5.45. The van der Waals surface area contributed by atoms with Crippen molar-refractivity contribution >= 4 is 0 Å². The molecule has 0 saturated carbocycles. The van der Waals surface area contributed by atoms with Crippen LogP contribution < -0.4 is 5.32 Å². The lowest BCUT2D eigenvalue weighted by Crippen LogP contribution is -2.42. The highest BCUT2D eigenvalue weighted by Crippen LogP contribution is 2.37. The van der Waals surface area contributed by atoms with Gasteiger partial charge in [0.15, 0.2) is 0 Å². The third-order valence-corrected chi connectivity index (χ3v) is 4.13. The van der Waals surface area contributed by atoms with E-state index in [1.807, 2.05) is 0 Å². The molecule has 2 aromatic carbocycles. The molecule has 0 amide bonds. The Bertz CT molecular complexity index is 584. The summed E-state index contributed by atoms with van der Waals surface area (Å²) in [5.74, 6) is 0. The van der Waals surface area contributed by atoms with E-state index in [4.69, 9.17) is 0 Å². The van der Waals surface area contributed by atoms with Crippen molar-refractivity contribution in [2.75, 3.05) is 6.54 Å². The van der Waals surface area contributed by atoms with E-state index in [0.717, 1.165) is 6.54 Å². The number of aryl methyl sites for hydroxylation is 1. The van der Waals surface area contributed by atoms with Crippen LogP contribution in [0.1, 0.15) is 42.1 Å². The van der Waals surface area contributed by atoms with E-state index in [9.17, 15) is 0 Å². The molecule has 1 aliphatic heterocycles. The minimum atomic E-state index is 0.201. The maximum Gasteiger partial charge on any atom is 0.0579 e. The molecule has 3 rings (SSSR count). The lowest BCUT2D eigenvalue weighted by atomic mass is 9.75. The Kier molecular flexibility index (Phi) is 2.94. The Balaban J connectivity index is 2.13. The topological polar surface area (TPSA) is 12.0 Å². The van der Waals surface area contributed by atoms with Gasteiger partial charge in [-0.15, -0.1) is 0 Å². The average Bonchev–Trinajstić information content (AvgIpc) is 2.41. The number of hydrogen-bond donors (Lipinski definition) is 1. The fourth-order valence-corrected chi connectivity index (χ4v) is 3.01. The third kappa shape index (κ3) is 2.19. The Hall–Kier alpha value is -1.60. The highest BCUT2D eigenvalue weighted by atomic mass is 14.9. The summed E-state index contributed by atoms with van der Waals surface area (Å²) >= 11 is 0. The van der Waals surface area contributed by atoms with Gasteiger partial charge in [0.1, 0.15) is 0 Å². The van der Waals surface area contributed by atoms with Crippen molar-refractivity contribution in [3.8, 4) is 0 Å². The molecule has 1 nitrogen and oxygen atoms in total. The summed E-state index contributed by atoms with van der Waals surface area (Å²) in [5.41, 5.74) is 5.81. The Morgan fingerprint density at radius 3 is 2.53 bits per heavy atom. The normalized spacial score (nSPS) is 20.9. The zero-order chi connectivity index (χ0) is 13.5. The molecular weight excluding hydrogens is 230 g/mol. The van der Waals surface area contributed by atoms with Crippen molar-refractivity contribution in [2.45, 2.75) is 32.2 Å². The second-order valence-corrected chi connectivity index (χ2v) is 6.20. The standard InChI is InChI=1S/C18H21N/c1-13-9-10-15-16(11-13)18(2,3)12-19-17(15)14-7-5-4-6-8-14/h4-11,17,19H,12H2,1-3H3. The fraction of sp³-hybridized carbons (Fsp3) is 0.333. The van der Waals surface area contributed by atoms with Gasteiger partial charge in [-0.1, -0.05) is 67.9 Å². The maximum atomic E-state index is 3.70. The Labute approximate surface area is 115 Å². The van der Waals surface area contributed by atoms with E-state index in [-0.39, 0.29) is 5.41 Å². The molecule has 1 aliphatic rings. The lowest BCUT2D eigenvalue weighted by molar-refractivity contribution is 0.406. The molecular formula is C18H21N. The van der Waals surface area contributed by atoms with Crippen LogP contribution in [-0.4, -0.2) is 6.54 Å². The van der Waals surface area contributed by atoms with E-state index in [1.165, 1.54) is 22.3 Å². The molecule has 1 heterocycles. The Morgan fingerprint density at radius 1 is 1.05 bits per heavy atom. The molecule has 1 atom stereocenters. The van der Waals surface area contributed by atoms with Gasteiger partial charge in [-0.2, -0.15) is 0 Å². The summed E-state index contributed by atoms with van der Waals surface area (Å²) < 4.78 is 0. The van der Waals surface area contributed by atoms with Crippen LogP contribution in [0.2, 0.25) is 0 Å². The largest absolute Gasteiger partial charge is 0.305 e. The number of nitrogens with one attached hydrogen (secondary N) is 1. The molecule has 0 radical (unpaired) electrons. The van der Waals surface area contributed by atoms with Crippen molar-refractivity contribution in [3.63, 3.8) is 0 Å². The van der Waals surface area contributed by atoms with Crippen LogP contribution in [0.25, 0.3) is 0 Å². The summed E-state index contributed by atoms with van der Waals surface area (Å²) in [7, 11) is 0. The Morgan fingerprint density at radius 2 is 1.79 bits per heavy atom. The first-order valence-electron chi connectivity index (χ1n) is 6.97. The smallest absolute Gasteiger partial charge is 0.0579 e. The van der Waals surface area contributed by atoms with Crippen molar-refractivity contribution in [1.82, 2.24) is 5.32 Å². The summed E-state index contributed by atoms with van der Waals surface area (Å²) in [6, 6.07) is 17.9. The van der Waals surface area contributed by atoms with Gasteiger partial charge in [0, 0.05) is 12.0 Å². The van der Waals surface area contributed by atoms with Gasteiger partial charge in [-0.25, -0.2) is 0 Å². The number of fused-ring (bicyclic) bond motifs is 1. The fourth-order valence-electron chi connectivity index (χ4n) is 3.01. The second-order valence-electron chi connectivity index (χ2n) is 6.20. The number of hydrogen-bond acceptors (Lipinski definition) is 1. The maximum absolute atomic E-state index is 3.70. The van der Waals surface area contributed by atoms with Crippen LogP contribution in [-0.2, 0) is 5.41 Å². The molecule has 0 saturated heterocycles. The zero-order valence-electron chi connectivity index (χ0n) is 11.9. The van der Waals surface area contributed by atoms with Gasteiger partial charge in [0.2, 0.25) is 0 Å². The molecule has 1 N–H and O–H groups in total. The zero-order valence-corrected chi connectivity index (χ0v) is 11.9. The van der Waals surface area contributed by atoms with Gasteiger partial charge in [0.05, 0.1) is 6.04 Å². The molecule has 0 aromatic heterocycles. The van der Waals surface area contributed by atoms with Crippen molar-refractivity contribution < 1.29 is 0 Å². The highest BCUT2D eigenvalue weighted by Gasteiger charge is 2.32. The molecule has 1 unspecified atom stereocenters. The van der Waals surface area contributed by atoms with Crippen LogP contribution in [0, 0.1) is 6.92 Å². The molecule has 0 bridgehead atoms. The monoisotopic (exact) mass is 251 g/mol. The molecule has 1 heteroatoms. The van der Waals surface area contributed by atoms with Crippen molar-refractivity contribution in [3.05, 3.63) is 70.8 Å². The molecule has 0 fully saturated rings. The minimum Gasteiger partial charge on any atom is -0.305 e. The molecule has 98 valence electrons. The summed E-state index contributed by atoms with van der Waals surface area (Å²) in [6.07, 6.45) is 0. The molecule has 0 spiro atoms. The third-order valence-electron chi connectivity index (χ3n) is 4.13. The van der Waals surface area contributed by atoms with Crippen LogP contribution in [0.15, 0.2) is 48.5 Å². The van der Waals surface area contributed by atoms with E-state index >= 15 is 0 Å². The first-order chi connectivity index (χ1) is 9.08. The summed E-state index contributed by atoms with van der Waals surface area (Å²) in [6.45, 7) is 7.83. The second kappa shape index (κ2) is 4.50. The molecule has 19 heavy (non-hydrogen) atoms. The lowest BCUT2D eigenvalue weighted by Gasteiger charge is -2.38. The van der Waals surface area contributed by atoms with Crippen molar-refractivity contribution in [1.29, 1.82) is 0 Å². The van der Waals surface area contributed by atoms with Gasteiger partial charge >= 0.3 is 0 Å². The molecule has 2 aromatic rings. The summed E-state index contributed by atoms with van der Waals surface area (Å²) in [4.78, 5) is 0. The van der Waals surface area contributed by atoms with Crippen LogP contribution in [0.5, 0.6) is 0 Å². The van der Waals surface area contributed by atoms with Crippen LogP contribution in [0.3, 0.4) is 0 Å². The van der Waals surface area contributed by atoms with Gasteiger partial charge in [-0.05, 0) is 23.6 Å². The van der Waals surface area contributed by atoms with Gasteiger partial charge in [-0.3, -0.25) is 0 Å². The van der Waals surface area contributed by atoms with Crippen LogP contribution in [0.4, 0.5) is 0 Å². The minimum absolute atomic E-state index is 0.201. The SMILES string of the molecule is Cc1ccc2c(c1)C(C)(C)CNC2c1ccccc1. The quantitative estimate of drug-likeness (QED) is 0.808. The van der Waals surface area contributed by atoms with Gasteiger partial charge < -0.3 is 5.32 Å². The number of benzene rings is 2. The van der Waals surface area contributed by atoms with Gasteiger partial charge in [0.25, 0.3) is 0 Å². The van der Waals surface area contributed by atoms with E-state index in [2.05, 4.69) is 74.6 Å². The first-order valence-corrected chi connectivity index (χ1v) is 6.97. The average molecular weight is 251 g/mol.